The molecule has 0 saturated carbocycles. The molecule has 0 N–H and O–H groups in total. The highest BCUT2D eigenvalue weighted by atomic mass is 14.7. The summed E-state index contributed by atoms with van der Waals surface area (Å²) >= 11 is 0. The van der Waals surface area contributed by atoms with Crippen LogP contribution >= 0.6 is 0 Å². The fourth-order valence-electron chi connectivity index (χ4n) is 0.683. The van der Waals surface area contributed by atoms with Gasteiger partial charge < -0.3 is 4.85 Å². The van der Waals surface area contributed by atoms with E-state index < -0.39 is 0 Å². The minimum Gasteiger partial charge on any atom is -0.312 e. The Labute approximate surface area is 60.3 Å². The summed E-state index contributed by atoms with van der Waals surface area (Å²) in [6.45, 7) is 8.96. The molecule has 50 valence electrons. The first-order chi connectivity index (χ1) is 4.83. The Morgan fingerprint density at radius 3 is 2.90 bits per heavy atom. The lowest BCUT2D eigenvalue weighted by atomic mass is 10.2. The van der Waals surface area contributed by atoms with Gasteiger partial charge in [-0.25, -0.2) is 6.57 Å². The minimum atomic E-state index is 0.438. The Hall–Kier alpha value is -1.36. The van der Waals surface area contributed by atoms with Gasteiger partial charge in [0.1, 0.15) is 0 Å². The van der Waals surface area contributed by atoms with Gasteiger partial charge in [-0.3, -0.25) is 4.98 Å². The average Bonchev–Trinajstić information content (AvgIpc) is 1.95. The summed E-state index contributed by atoms with van der Waals surface area (Å²) in [6, 6.07) is 3.85. The summed E-state index contributed by atoms with van der Waals surface area (Å²) in [7, 11) is 0. The molecule has 0 radical (unpaired) electrons. The molecule has 0 aromatic carbocycles. The van der Waals surface area contributed by atoms with Crippen molar-refractivity contribution in [2.75, 3.05) is 0 Å². The lowest BCUT2D eigenvalue weighted by Crippen LogP contribution is -1.83. The van der Waals surface area contributed by atoms with E-state index in [4.69, 9.17) is 6.57 Å². The topological polar surface area (TPSA) is 17.2 Å². The van der Waals surface area contributed by atoms with Crippen LogP contribution in [-0.4, -0.2) is 4.98 Å². The van der Waals surface area contributed by atoms with Crippen molar-refractivity contribution in [2.24, 2.45) is 0 Å². The molecule has 0 amide bonds. The fourth-order valence-corrected chi connectivity index (χ4v) is 0.683. The molecule has 1 aromatic heterocycles. The number of pyridine rings is 1. The summed E-state index contributed by atoms with van der Waals surface area (Å²) in [5, 5.41) is 0. The molecule has 2 nitrogen and oxygen atoms in total. The monoisotopic (exact) mass is 132 g/mol. The number of nitrogens with zero attached hydrogens (tertiary/aromatic N) is 2. The first kappa shape index (κ1) is 6.76. The van der Waals surface area contributed by atoms with Gasteiger partial charge in [0.2, 0.25) is 6.54 Å². The molecule has 0 spiro atoms. The summed E-state index contributed by atoms with van der Waals surface area (Å²) in [4.78, 5) is 7.30. The van der Waals surface area contributed by atoms with Crippen LogP contribution in [0.3, 0.4) is 0 Å². The highest BCUT2D eigenvalue weighted by Crippen LogP contribution is 1.99. The Bertz CT molecular complexity index is 243. The van der Waals surface area contributed by atoms with E-state index in [0.29, 0.717) is 6.54 Å². The van der Waals surface area contributed by atoms with Crippen molar-refractivity contribution in [1.82, 2.24) is 4.98 Å². The molecular formula is C8H8N2. The molecule has 1 rings (SSSR count). The third kappa shape index (κ3) is 1.56. The average molecular weight is 132 g/mol. The number of hydrogen-bond donors (Lipinski definition) is 0. The summed E-state index contributed by atoms with van der Waals surface area (Å²) < 4.78 is 0. The second-order valence-corrected chi connectivity index (χ2v) is 2.12. The second kappa shape index (κ2) is 2.98. The van der Waals surface area contributed by atoms with Crippen LogP contribution in [0.25, 0.3) is 4.85 Å². The summed E-state index contributed by atoms with van der Waals surface area (Å²) in [6.07, 6.45) is 1.74. The van der Waals surface area contributed by atoms with Gasteiger partial charge in [-0.2, -0.15) is 0 Å². The van der Waals surface area contributed by atoms with Crippen molar-refractivity contribution >= 4 is 0 Å². The Morgan fingerprint density at radius 2 is 2.40 bits per heavy atom. The fraction of sp³-hybridized carbons (Fsp3) is 0.250. The SMILES string of the molecule is [C-]#[N+]Cc1ccc(C)nc1. The van der Waals surface area contributed by atoms with Gasteiger partial charge in [0, 0.05) is 17.5 Å². The van der Waals surface area contributed by atoms with Crippen molar-refractivity contribution < 1.29 is 0 Å². The standard InChI is InChI=1S/C8H8N2/c1-7-3-4-8(5-9-2)6-10-7/h3-4,6H,5H2,1H3. The molecule has 0 bridgehead atoms. The van der Waals surface area contributed by atoms with Crippen LogP contribution < -0.4 is 0 Å². The Kier molecular flexibility index (Phi) is 2.01. The van der Waals surface area contributed by atoms with Crippen LogP contribution in [0.2, 0.25) is 0 Å². The number of aryl methyl sites for hydroxylation is 1. The van der Waals surface area contributed by atoms with Gasteiger partial charge >= 0.3 is 0 Å². The Morgan fingerprint density at radius 1 is 1.60 bits per heavy atom. The van der Waals surface area contributed by atoms with Crippen LogP contribution in [0.1, 0.15) is 11.3 Å². The van der Waals surface area contributed by atoms with Crippen LogP contribution in [0, 0.1) is 13.5 Å². The molecule has 1 aromatic rings. The molecule has 2 heteroatoms. The van der Waals surface area contributed by atoms with Crippen LogP contribution in [-0.2, 0) is 6.54 Å². The minimum absolute atomic E-state index is 0.438. The maximum absolute atomic E-state index is 6.59. The van der Waals surface area contributed by atoms with E-state index in [1.165, 1.54) is 0 Å². The maximum Gasteiger partial charge on any atom is 0.241 e. The quantitative estimate of drug-likeness (QED) is 0.532. The molecule has 0 aliphatic heterocycles. The highest BCUT2D eigenvalue weighted by molar-refractivity contribution is 5.14. The number of hydrogen-bond acceptors (Lipinski definition) is 1. The maximum atomic E-state index is 6.59. The largest absolute Gasteiger partial charge is 0.312 e. The molecule has 0 atom stereocenters. The van der Waals surface area contributed by atoms with Crippen molar-refractivity contribution in [2.45, 2.75) is 13.5 Å². The van der Waals surface area contributed by atoms with Gasteiger partial charge in [0.25, 0.3) is 0 Å². The van der Waals surface area contributed by atoms with E-state index in [0.717, 1.165) is 11.3 Å². The van der Waals surface area contributed by atoms with E-state index in [2.05, 4.69) is 9.83 Å². The normalized spacial score (nSPS) is 8.80. The van der Waals surface area contributed by atoms with E-state index in [-0.39, 0.29) is 0 Å². The van der Waals surface area contributed by atoms with Crippen molar-refractivity contribution in [3.05, 3.63) is 41.0 Å². The van der Waals surface area contributed by atoms with Gasteiger partial charge in [0.05, 0.1) is 0 Å². The molecular weight excluding hydrogens is 124 g/mol. The molecule has 0 unspecified atom stereocenters. The van der Waals surface area contributed by atoms with Crippen LogP contribution in [0.5, 0.6) is 0 Å². The Balaban J connectivity index is 2.81. The van der Waals surface area contributed by atoms with Gasteiger partial charge in [-0.05, 0) is 19.1 Å². The molecule has 0 fully saturated rings. The molecule has 0 aliphatic rings. The van der Waals surface area contributed by atoms with Crippen LogP contribution in [0.15, 0.2) is 18.3 Å². The zero-order valence-corrected chi connectivity index (χ0v) is 5.83. The zero-order chi connectivity index (χ0) is 7.40. The highest BCUT2D eigenvalue weighted by Gasteiger charge is 1.92. The van der Waals surface area contributed by atoms with Crippen LogP contribution in [0.4, 0.5) is 0 Å². The summed E-state index contributed by atoms with van der Waals surface area (Å²) in [5.41, 5.74) is 1.98. The first-order valence-corrected chi connectivity index (χ1v) is 3.07. The predicted molar refractivity (Wildman–Crippen MR) is 39.3 cm³/mol. The summed E-state index contributed by atoms with van der Waals surface area (Å²) in [5.74, 6) is 0. The smallest absolute Gasteiger partial charge is 0.241 e. The van der Waals surface area contributed by atoms with E-state index in [9.17, 15) is 0 Å². The first-order valence-electron chi connectivity index (χ1n) is 3.07. The van der Waals surface area contributed by atoms with E-state index >= 15 is 0 Å². The molecule has 0 aliphatic carbocycles. The van der Waals surface area contributed by atoms with E-state index in [1.54, 1.807) is 6.20 Å². The van der Waals surface area contributed by atoms with Gasteiger partial charge in [0.15, 0.2) is 0 Å². The van der Waals surface area contributed by atoms with Crippen molar-refractivity contribution in [1.29, 1.82) is 0 Å². The van der Waals surface area contributed by atoms with Gasteiger partial charge in [-0.15, -0.1) is 0 Å². The van der Waals surface area contributed by atoms with Crippen molar-refractivity contribution in [3.8, 4) is 0 Å². The third-order valence-corrected chi connectivity index (χ3v) is 1.23. The zero-order valence-electron chi connectivity index (χ0n) is 5.83. The van der Waals surface area contributed by atoms with Crippen molar-refractivity contribution in [3.63, 3.8) is 0 Å². The lowest BCUT2D eigenvalue weighted by Gasteiger charge is -1.90. The predicted octanol–water partition coefficient (Wildman–Crippen LogP) is 1.81. The van der Waals surface area contributed by atoms with E-state index in [1.807, 2.05) is 19.1 Å². The molecule has 1 heterocycles. The lowest BCUT2D eigenvalue weighted by molar-refractivity contribution is 1.13. The van der Waals surface area contributed by atoms with Gasteiger partial charge in [-0.1, -0.05) is 0 Å². The second-order valence-electron chi connectivity index (χ2n) is 2.12. The molecule has 0 saturated heterocycles. The molecule has 10 heavy (non-hydrogen) atoms. The number of rotatable bonds is 1. The third-order valence-electron chi connectivity index (χ3n) is 1.23. The number of aromatic nitrogens is 1.